The Morgan fingerprint density at radius 1 is 0.500 bits per heavy atom. The summed E-state index contributed by atoms with van der Waals surface area (Å²) in [6.07, 6.45) is 4.47. The molecule has 0 spiro atoms. The molecular weight excluding hydrogens is 335 g/mol. The number of hydrogen-bond donors (Lipinski definition) is 0. The molecule has 0 bridgehead atoms. The molecule has 0 saturated carbocycles. The van der Waals surface area contributed by atoms with Gasteiger partial charge in [-0.1, -0.05) is 54.6 Å². The molecule has 3 heteroatoms. The second-order valence-electron chi connectivity index (χ2n) is 6.14. The van der Waals surface area contributed by atoms with E-state index < -0.39 is 7.26 Å². The van der Waals surface area contributed by atoms with Crippen LogP contribution < -0.4 is 15.9 Å². The smallest absolute Gasteiger partial charge is 0.167 e. The van der Waals surface area contributed by atoms with Crippen LogP contribution in [0.25, 0.3) is 0 Å². The van der Waals surface area contributed by atoms with Gasteiger partial charge in [-0.3, -0.25) is 0 Å². The van der Waals surface area contributed by atoms with Crippen molar-refractivity contribution >= 4 is 23.2 Å². The van der Waals surface area contributed by atoms with Crippen LogP contribution in [0, 0.1) is 0 Å². The topological polar surface area (TPSA) is 25.8 Å². The van der Waals surface area contributed by atoms with E-state index in [2.05, 4.69) is 101 Å². The van der Waals surface area contributed by atoms with Crippen LogP contribution >= 0.6 is 7.26 Å². The fraction of sp³-hybridized carbons (Fsp3) is 0.0435. The number of nitrogens with zero attached hydrogens (tertiary/aromatic N) is 2. The Hall–Kier alpha value is -2.83. The minimum absolute atomic E-state index is 0.811. The van der Waals surface area contributed by atoms with Crippen LogP contribution in [0.5, 0.6) is 0 Å². The third kappa shape index (κ3) is 3.16. The number of hydrogen-bond acceptors (Lipinski definition) is 2. The largest absolute Gasteiger partial charge is 0.238 e. The van der Waals surface area contributed by atoms with Gasteiger partial charge in [0.1, 0.15) is 29.3 Å². The lowest BCUT2D eigenvalue weighted by Crippen LogP contribution is -2.32. The summed E-state index contributed by atoms with van der Waals surface area (Å²) in [4.78, 5) is 9.11. The molecule has 3 aromatic carbocycles. The second kappa shape index (κ2) is 7.59. The molecule has 0 aliphatic carbocycles. The summed E-state index contributed by atoms with van der Waals surface area (Å²) < 4.78 is 0. The fourth-order valence-electron chi connectivity index (χ4n) is 3.39. The van der Waals surface area contributed by atoms with Gasteiger partial charge in [-0.15, -0.1) is 0 Å². The lowest BCUT2D eigenvalue weighted by molar-refractivity contribution is 1.03. The Morgan fingerprint density at radius 2 is 0.885 bits per heavy atom. The van der Waals surface area contributed by atoms with E-state index in [1.165, 1.54) is 15.9 Å². The molecule has 0 N–H and O–H groups in total. The first-order chi connectivity index (χ1) is 12.9. The lowest BCUT2D eigenvalue weighted by atomic mass is 10.4. The van der Waals surface area contributed by atoms with Crippen molar-refractivity contribution in [2.75, 3.05) is 0 Å². The summed E-state index contributed by atoms with van der Waals surface area (Å²) in [7, 11) is -1.90. The third-order valence-electron chi connectivity index (χ3n) is 4.59. The standard InChI is InChI=1S/C23H20N2P/c1-4-11-20(12-5-1)26(21-13-6-2-7-14-21,22-15-8-3-9-16-22)19-23-24-17-10-18-25-23/h1-18H,19H2/q+1. The summed E-state index contributed by atoms with van der Waals surface area (Å²) in [5, 5.41) is 4.06. The molecule has 0 fully saturated rings. The second-order valence-corrected chi connectivity index (χ2v) is 9.62. The van der Waals surface area contributed by atoms with Crippen molar-refractivity contribution in [2.24, 2.45) is 0 Å². The first-order valence-corrected chi connectivity index (χ1v) is 10.7. The molecule has 26 heavy (non-hydrogen) atoms. The van der Waals surface area contributed by atoms with Gasteiger partial charge < -0.3 is 0 Å². The summed E-state index contributed by atoms with van der Waals surface area (Å²) in [5.41, 5.74) is 0. The number of rotatable bonds is 5. The van der Waals surface area contributed by atoms with Gasteiger partial charge in [0.05, 0.1) is 0 Å². The Kier molecular flexibility index (Phi) is 4.86. The van der Waals surface area contributed by atoms with E-state index in [1.807, 2.05) is 18.5 Å². The molecule has 0 saturated heterocycles. The summed E-state index contributed by atoms with van der Waals surface area (Å²) in [5.74, 6) is 0.886. The molecule has 1 heterocycles. The van der Waals surface area contributed by atoms with Crippen LogP contribution in [0.4, 0.5) is 0 Å². The van der Waals surface area contributed by atoms with Gasteiger partial charge in [-0.25, -0.2) is 9.97 Å². The zero-order chi connectivity index (χ0) is 17.7. The van der Waals surface area contributed by atoms with Gasteiger partial charge in [0.15, 0.2) is 5.82 Å². The highest BCUT2D eigenvalue weighted by Crippen LogP contribution is 2.57. The highest BCUT2D eigenvalue weighted by molar-refractivity contribution is 7.95. The SMILES string of the molecule is c1ccc([P+](Cc2ncccn2)(c2ccccc2)c2ccccc2)cc1. The Morgan fingerprint density at radius 3 is 1.27 bits per heavy atom. The molecule has 0 radical (unpaired) electrons. The van der Waals surface area contributed by atoms with Crippen LogP contribution in [0.3, 0.4) is 0 Å². The average Bonchev–Trinajstić information content (AvgIpc) is 2.75. The van der Waals surface area contributed by atoms with E-state index in [4.69, 9.17) is 0 Å². The molecule has 4 aromatic rings. The highest BCUT2D eigenvalue weighted by atomic mass is 31.2. The van der Waals surface area contributed by atoms with Crippen LogP contribution in [0.1, 0.15) is 5.82 Å². The maximum Gasteiger partial charge on any atom is 0.167 e. The average molecular weight is 355 g/mol. The lowest BCUT2D eigenvalue weighted by Gasteiger charge is -2.27. The molecule has 0 aliphatic rings. The van der Waals surface area contributed by atoms with Crippen LogP contribution in [0.2, 0.25) is 0 Å². The zero-order valence-corrected chi connectivity index (χ0v) is 15.3. The Bertz CT molecular complexity index is 846. The van der Waals surface area contributed by atoms with Crippen molar-refractivity contribution in [3.05, 3.63) is 115 Å². The molecule has 4 rings (SSSR count). The molecule has 0 atom stereocenters. The van der Waals surface area contributed by atoms with Crippen LogP contribution in [-0.2, 0) is 6.16 Å². The van der Waals surface area contributed by atoms with E-state index in [0.29, 0.717) is 0 Å². The molecule has 2 nitrogen and oxygen atoms in total. The van der Waals surface area contributed by atoms with E-state index in [9.17, 15) is 0 Å². The van der Waals surface area contributed by atoms with Crippen molar-refractivity contribution in [1.29, 1.82) is 0 Å². The molecule has 0 amide bonds. The van der Waals surface area contributed by atoms with Crippen molar-refractivity contribution in [1.82, 2.24) is 9.97 Å². The minimum Gasteiger partial charge on any atom is -0.238 e. The summed E-state index contributed by atoms with van der Waals surface area (Å²) in [6.45, 7) is 0. The Labute approximate surface area is 154 Å². The van der Waals surface area contributed by atoms with Crippen molar-refractivity contribution in [2.45, 2.75) is 6.16 Å². The van der Waals surface area contributed by atoms with Crippen molar-refractivity contribution in [3.8, 4) is 0 Å². The normalized spacial score (nSPS) is 11.2. The van der Waals surface area contributed by atoms with E-state index >= 15 is 0 Å². The van der Waals surface area contributed by atoms with E-state index in [-0.39, 0.29) is 0 Å². The number of aromatic nitrogens is 2. The van der Waals surface area contributed by atoms with Crippen molar-refractivity contribution in [3.63, 3.8) is 0 Å². The predicted octanol–water partition coefficient (Wildman–Crippen LogP) is 3.97. The zero-order valence-electron chi connectivity index (χ0n) is 14.4. The predicted molar refractivity (Wildman–Crippen MR) is 111 cm³/mol. The molecule has 126 valence electrons. The van der Waals surface area contributed by atoms with Gasteiger partial charge in [0.25, 0.3) is 0 Å². The van der Waals surface area contributed by atoms with Crippen LogP contribution in [-0.4, -0.2) is 9.97 Å². The molecule has 1 aromatic heterocycles. The summed E-state index contributed by atoms with van der Waals surface area (Å²) in [6, 6.07) is 34.3. The Balaban J connectivity index is 2.00. The number of benzene rings is 3. The first kappa shape index (κ1) is 16.6. The quantitative estimate of drug-likeness (QED) is 0.506. The van der Waals surface area contributed by atoms with Gasteiger partial charge in [-0.05, 0) is 42.5 Å². The van der Waals surface area contributed by atoms with Gasteiger partial charge in [0, 0.05) is 12.4 Å². The van der Waals surface area contributed by atoms with Gasteiger partial charge in [0.2, 0.25) is 0 Å². The van der Waals surface area contributed by atoms with E-state index in [1.54, 1.807) is 0 Å². The minimum atomic E-state index is -1.90. The monoisotopic (exact) mass is 355 g/mol. The molecule has 0 aliphatic heterocycles. The maximum absolute atomic E-state index is 4.56. The maximum atomic E-state index is 4.56. The third-order valence-corrected chi connectivity index (χ3v) is 8.88. The highest BCUT2D eigenvalue weighted by Gasteiger charge is 2.46. The molecule has 0 unspecified atom stereocenters. The van der Waals surface area contributed by atoms with Gasteiger partial charge >= 0.3 is 0 Å². The first-order valence-electron chi connectivity index (χ1n) is 8.70. The molecular formula is C23H20N2P+. The summed E-state index contributed by atoms with van der Waals surface area (Å²) >= 11 is 0. The van der Waals surface area contributed by atoms with Gasteiger partial charge in [-0.2, -0.15) is 0 Å². The van der Waals surface area contributed by atoms with Crippen LogP contribution in [0.15, 0.2) is 109 Å². The fourth-order valence-corrected chi connectivity index (χ4v) is 7.47. The van der Waals surface area contributed by atoms with E-state index in [0.717, 1.165) is 12.0 Å². The van der Waals surface area contributed by atoms with Crippen molar-refractivity contribution < 1.29 is 0 Å².